The van der Waals surface area contributed by atoms with Crippen molar-refractivity contribution in [1.29, 1.82) is 0 Å². The Morgan fingerprint density at radius 2 is 1.83 bits per heavy atom. The number of methoxy groups -OCH3 is 2. The molecule has 1 amide bonds. The van der Waals surface area contributed by atoms with Crippen LogP contribution in [0.1, 0.15) is 29.2 Å². The van der Waals surface area contributed by atoms with Crippen molar-refractivity contribution in [2.45, 2.75) is 19.4 Å². The molecule has 1 heterocycles. The first-order chi connectivity index (χ1) is 14.4. The zero-order valence-electron chi connectivity index (χ0n) is 17.1. The number of benzene rings is 2. The van der Waals surface area contributed by atoms with Crippen LogP contribution in [0.3, 0.4) is 0 Å². The van der Waals surface area contributed by atoms with Gasteiger partial charge >= 0.3 is 0 Å². The molecule has 2 aromatic carbocycles. The monoisotopic (exact) mass is 413 g/mol. The van der Waals surface area contributed by atoms with Gasteiger partial charge in [0.05, 0.1) is 18.7 Å². The van der Waals surface area contributed by atoms with E-state index in [1.54, 1.807) is 32.4 Å². The highest BCUT2D eigenvalue weighted by atomic mass is 19.1. The number of Topliss-reactive ketones (excluding diaryl/α,β-unsaturated/α-hetero) is 1. The predicted molar refractivity (Wildman–Crippen MR) is 110 cm³/mol. The van der Waals surface area contributed by atoms with Crippen molar-refractivity contribution in [3.8, 4) is 5.75 Å². The van der Waals surface area contributed by atoms with Gasteiger partial charge in [0, 0.05) is 25.8 Å². The molecule has 1 saturated heterocycles. The van der Waals surface area contributed by atoms with Crippen molar-refractivity contribution in [2.24, 2.45) is 0 Å². The molecule has 158 valence electrons. The van der Waals surface area contributed by atoms with E-state index in [1.807, 2.05) is 6.92 Å². The van der Waals surface area contributed by atoms with E-state index in [0.29, 0.717) is 29.9 Å². The lowest BCUT2D eigenvalue weighted by molar-refractivity contribution is -0.140. The number of hydrogen-bond donors (Lipinski definition) is 1. The van der Waals surface area contributed by atoms with E-state index < -0.39 is 23.5 Å². The number of ketones is 1. The van der Waals surface area contributed by atoms with Crippen LogP contribution in [0.15, 0.2) is 48.0 Å². The fraction of sp³-hybridized carbons (Fsp3) is 0.304. The highest BCUT2D eigenvalue weighted by Crippen LogP contribution is 2.39. The van der Waals surface area contributed by atoms with E-state index >= 15 is 0 Å². The van der Waals surface area contributed by atoms with Crippen molar-refractivity contribution in [2.75, 3.05) is 27.4 Å². The van der Waals surface area contributed by atoms with Gasteiger partial charge in [-0.25, -0.2) is 4.39 Å². The largest absolute Gasteiger partial charge is 0.507 e. The molecule has 0 bridgehead atoms. The fourth-order valence-electron chi connectivity index (χ4n) is 3.66. The summed E-state index contributed by atoms with van der Waals surface area (Å²) in [7, 11) is 3.10. The molecule has 0 spiro atoms. The molecule has 6 nitrogen and oxygen atoms in total. The van der Waals surface area contributed by atoms with Crippen molar-refractivity contribution >= 4 is 17.4 Å². The lowest BCUT2D eigenvalue weighted by Crippen LogP contribution is -2.31. The van der Waals surface area contributed by atoms with Gasteiger partial charge < -0.3 is 19.5 Å². The Bertz CT molecular complexity index is 984. The first-order valence-corrected chi connectivity index (χ1v) is 9.56. The maximum Gasteiger partial charge on any atom is 0.295 e. The number of aryl methyl sites for hydroxylation is 1. The standard InChI is InChI=1S/C23H24FNO5/c1-14-13-16(7-10-18(14)30-3)21(26)19-20(15-5-8-17(24)9-6-15)25(11-4-12-29-2)23(28)22(19)27/h5-10,13,20,26H,4,11-12H2,1-3H3/t20-/m1/s1. The van der Waals surface area contributed by atoms with Crippen molar-refractivity contribution in [3.05, 3.63) is 70.5 Å². The molecule has 0 aromatic heterocycles. The second-order valence-corrected chi connectivity index (χ2v) is 7.07. The predicted octanol–water partition coefficient (Wildman–Crippen LogP) is 3.60. The van der Waals surface area contributed by atoms with Crippen LogP contribution in [-0.2, 0) is 14.3 Å². The van der Waals surface area contributed by atoms with Gasteiger partial charge in [0.25, 0.3) is 11.7 Å². The Morgan fingerprint density at radius 1 is 1.13 bits per heavy atom. The molecular formula is C23H24FNO5. The molecule has 0 unspecified atom stereocenters. The number of aliphatic hydroxyl groups excluding tert-OH is 1. The molecule has 30 heavy (non-hydrogen) atoms. The zero-order valence-corrected chi connectivity index (χ0v) is 17.1. The Hall–Kier alpha value is -3.19. The second-order valence-electron chi connectivity index (χ2n) is 7.07. The van der Waals surface area contributed by atoms with Crippen LogP contribution < -0.4 is 4.74 Å². The number of carbonyl (C=O) groups is 2. The number of hydrogen-bond acceptors (Lipinski definition) is 5. The van der Waals surface area contributed by atoms with Crippen LogP contribution in [-0.4, -0.2) is 49.1 Å². The maximum atomic E-state index is 13.5. The molecule has 0 radical (unpaired) electrons. The quantitative estimate of drug-likeness (QED) is 0.325. The van der Waals surface area contributed by atoms with E-state index in [0.717, 1.165) is 5.56 Å². The van der Waals surface area contributed by atoms with E-state index in [4.69, 9.17) is 9.47 Å². The highest BCUT2D eigenvalue weighted by Gasteiger charge is 2.45. The molecule has 1 N–H and O–H groups in total. The Balaban J connectivity index is 2.12. The average Bonchev–Trinajstić information content (AvgIpc) is 2.99. The summed E-state index contributed by atoms with van der Waals surface area (Å²) in [5.41, 5.74) is 1.69. The molecule has 3 rings (SSSR count). The number of amides is 1. The summed E-state index contributed by atoms with van der Waals surface area (Å²) in [5.74, 6) is -1.54. The third-order valence-electron chi connectivity index (χ3n) is 5.14. The summed E-state index contributed by atoms with van der Waals surface area (Å²) in [6.07, 6.45) is 0.517. The first-order valence-electron chi connectivity index (χ1n) is 9.56. The Kier molecular flexibility index (Phi) is 6.52. The second kappa shape index (κ2) is 9.09. The topological polar surface area (TPSA) is 76.1 Å². The molecule has 0 aliphatic carbocycles. The summed E-state index contributed by atoms with van der Waals surface area (Å²) in [6.45, 7) is 2.49. The van der Waals surface area contributed by atoms with E-state index in [1.165, 1.54) is 29.2 Å². The molecule has 1 fully saturated rings. The first kappa shape index (κ1) is 21.5. The number of rotatable bonds is 7. The normalized spacial score (nSPS) is 18.1. The number of carbonyl (C=O) groups excluding carboxylic acids is 2. The van der Waals surface area contributed by atoms with E-state index in [2.05, 4.69) is 0 Å². The minimum absolute atomic E-state index is 0.0198. The summed E-state index contributed by atoms with van der Waals surface area (Å²) >= 11 is 0. The van der Waals surface area contributed by atoms with Gasteiger partial charge in [0.15, 0.2) is 0 Å². The number of aliphatic hydroxyl groups is 1. The van der Waals surface area contributed by atoms with Crippen LogP contribution >= 0.6 is 0 Å². The van der Waals surface area contributed by atoms with Gasteiger partial charge in [-0.05, 0) is 54.8 Å². The average molecular weight is 413 g/mol. The number of likely N-dealkylation sites (tertiary alicyclic amines) is 1. The summed E-state index contributed by atoms with van der Waals surface area (Å²) in [6, 6.07) is 9.75. The fourth-order valence-corrected chi connectivity index (χ4v) is 3.66. The molecule has 1 aliphatic heterocycles. The maximum absolute atomic E-state index is 13.5. The van der Waals surface area contributed by atoms with E-state index in [-0.39, 0.29) is 17.9 Å². The summed E-state index contributed by atoms with van der Waals surface area (Å²) in [4.78, 5) is 27.0. The minimum atomic E-state index is -0.815. The van der Waals surface area contributed by atoms with Crippen LogP contribution in [0.25, 0.3) is 5.76 Å². The Morgan fingerprint density at radius 3 is 2.43 bits per heavy atom. The third kappa shape index (κ3) is 4.07. The SMILES string of the molecule is COCCCN1C(=O)C(=O)C(=C(O)c2ccc(OC)c(C)c2)[C@H]1c1ccc(F)cc1. The molecule has 0 saturated carbocycles. The highest BCUT2D eigenvalue weighted by molar-refractivity contribution is 6.46. The molecule has 2 aromatic rings. The van der Waals surface area contributed by atoms with Crippen molar-refractivity contribution < 1.29 is 28.6 Å². The van der Waals surface area contributed by atoms with Gasteiger partial charge in [-0.1, -0.05) is 12.1 Å². The third-order valence-corrected chi connectivity index (χ3v) is 5.14. The molecule has 1 atom stereocenters. The minimum Gasteiger partial charge on any atom is -0.507 e. The van der Waals surface area contributed by atoms with Gasteiger partial charge in [0.2, 0.25) is 0 Å². The van der Waals surface area contributed by atoms with Gasteiger partial charge in [-0.3, -0.25) is 9.59 Å². The van der Waals surface area contributed by atoms with Crippen LogP contribution in [0.4, 0.5) is 4.39 Å². The van der Waals surface area contributed by atoms with Crippen molar-refractivity contribution in [1.82, 2.24) is 4.90 Å². The van der Waals surface area contributed by atoms with E-state index in [9.17, 15) is 19.1 Å². The van der Waals surface area contributed by atoms with Crippen LogP contribution in [0, 0.1) is 12.7 Å². The molecular weight excluding hydrogens is 389 g/mol. The number of halogens is 1. The lowest BCUT2D eigenvalue weighted by atomic mass is 9.94. The van der Waals surface area contributed by atoms with Gasteiger partial charge in [-0.2, -0.15) is 0 Å². The summed E-state index contributed by atoms with van der Waals surface area (Å²) in [5, 5.41) is 11.0. The molecule has 7 heteroatoms. The van der Waals surface area contributed by atoms with Crippen LogP contribution in [0.5, 0.6) is 5.75 Å². The Labute approximate surface area is 174 Å². The van der Waals surface area contributed by atoms with Crippen molar-refractivity contribution in [3.63, 3.8) is 0 Å². The van der Waals surface area contributed by atoms with Gasteiger partial charge in [-0.15, -0.1) is 0 Å². The number of ether oxygens (including phenoxy) is 2. The number of nitrogens with zero attached hydrogens (tertiary/aromatic N) is 1. The lowest BCUT2D eigenvalue weighted by Gasteiger charge is -2.25. The molecule has 1 aliphatic rings. The van der Waals surface area contributed by atoms with Gasteiger partial charge in [0.1, 0.15) is 17.3 Å². The smallest absolute Gasteiger partial charge is 0.295 e. The van der Waals surface area contributed by atoms with Crippen LogP contribution in [0.2, 0.25) is 0 Å². The zero-order chi connectivity index (χ0) is 21.8. The summed E-state index contributed by atoms with van der Waals surface area (Å²) < 4.78 is 23.8.